The number of anilines is 1. The molecule has 130 valence electrons. The van der Waals surface area contributed by atoms with E-state index in [2.05, 4.69) is 5.32 Å². The van der Waals surface area contributed by atoms with Crippen LogP contribution in [0.1, 0.15) is 19.3 Å². The molecule has 2 aliphatic heterocycles. The number of halogens is 1. The smallest absolute Gasteiger partial charge is 0.249 e. The highest BCUT2D eigenvalue weighted by atomic mass is 19.1. The molecule has 2 saturated heterocycles. The normalized spacial score (nSPS) is 23.3. The maximum absolute atomic E-state index is 13.9. The van der Waals surface area contributed by atoms with Crippen molar-refractivity contribution in [1.29, 1.82) is 0 Å². The van der Waals surface area contributed by atoms with E-state index in [0.717, 1.165) is 12.8 Å². The SMILES string of the molecule is NC(C(=O)NC1CCN(c2ccccc2F)C1=O)C1CCOCC1. The van der Waals surface area contributed by atoms with Crippen molar-refractivity contribution in [3.8, 4) is 0 Å². The Kier molecular flexibility index (Phi) is 5.11. The number of carbonyl (C=O) groups is 2. The van der Waals surface area contributed by atoms with Gasteiger partial charge in [0.1, 0.15) is 11.9 Å². The molecule has 0 aliphatic carbocycles. The number of carbonyl (C=O) groups excluding carboxylic acids is 2. The molecule has 6 nitrogen and oxygen atoms in total. The second-order valence-corrected chi connectivity index (χ2v) is 6.27. The van der Waals surface area contributed by atoms with Gasteiger partial charge in [0.2, 0.25) is 11.8 Å². The van der Waals surface area contributed by atoms with Gasteiger partial charge >= 0.3 is 0 Å². The zero-order valence-corrected chi connectivity index (χ0v) is 13.4. The first-order chi connectivity index (χ1) is 11.6. The van der Waals surface area contributed by atoms with E-state index >= 15 is 0 Å². The van der Waals surface area contributed by atoms with Gasteiger partial charge < -0.3 is 20.7 Å². The molecule has 7 heteroatoms. The summed E-state index contributed by atoms with van der Waals surface area (Å²) in [5.41, 5.74) is 6.28. The Morgan fingerprint density at radius 3 is 2.71 bits per heavy atom. The number of ether oxygens (including phenoxy) is 1. The molecule has 2 fully saturated rings. The molecule has 2 atom stereocenters. The Morgan fingerprint density at radius 1 is 1.29 bits per heavy atom. The number of amides is 2. The third-order valence-electron chi connectivity index (χ3n) is 4.74. The van der Waals surface area contributed by atoms with Crippen LogP contribution in [0.15, 0.2) is 24.3 Å². The Bertz CT molecular complexity index is 619. The van der Waals surface area contributed by atoms with Gasteiger partial charge in [-0.1, -0.05) is 12.1 Å². The van der Waals surface area contributed by atoms with E-state index in [4.69, 9.17) is 10.5 Å². The van der Waals surface area contributed by atoms with Gasteiger partial charge in [0.25, 0.3) is 0 Å². The summed E-state index contributed by atoms with van der Waals surface area (Å²) >= 11 is 0. The van der Waals surface area contributed by atoms with E-state index in [-0.39, 0.29) is 23.4 Å². The fraction of sp³-hybridized carbons (Fsp3) is 0.529. The van der Waals surface area contributed by atoms with E-state index in [0.29, 0.717) is 26.2 Å². The molecule has 2 heterocycles. The van der Waals surface area contributed by atoms with Gasteiger partial charge in [0.15, 0.2) is 0 Å². The Balaban J connectivity index is 1.61. The summed E-state index contributed by atoms with van der Waals surface area (Å²) in [7, 11) is 0. The molecular weight excluding hydrogens is 313 g/mol. The number of hydrogen-bond acceptors (Lipinski definition) is 4. The van der Waals surface area contributed by atoms with Crippen molar-refractivity contribution >= 4 is 17.5 Å². The van der Waals surface area contributed by atoms with E-state index < -0.39 is 17.9 Å². The maximum atomic E-state index is 13.9. The first-order valence-electron chi connectivity index (χ1n) is 8.27. The molecule has 2 amide bonds. The van der Waals surface area contributed by atoms with Crippen LogP contribution in [0.4, 0.5) is 10.1 Å². The number of nitrogens with one attached hydrogen (secondary N) is 1. The van der Waals surface area contributed by atoms with Crippen LogP contribution in [0.5, 0.6) is 0 Å². The predicted octanol–water partition coefficient (Wildman–Crippen LogP) is 0.801. The summed E-state index contributed by atoms with van der Waals surface area (Å²) in [6, 6.07) is 4.83. The van der Waals surface area contributed by atoms with Crippen LogP contribution in [-0.4, -0.2) is 43.7 Å². The molecule has 3 N–H and O–H groups in total. The molecule has 0 spiro atoms. The molecular formula is C17H22FN3O3. The molecule has 0 aromatic heterocycles. The average Bonchev–Trinajstić information content (AvgIpc) is 2.96. The van der Waals surface area contributed by atoms with E-state index in [1.807, 2.05) is 0 Å². The summed E-state index contributed by atoms with van der Waals surface area (Å²) in [5.74, 6) is -1.00. The summed E-state index contributed by atoms with van der Waals surface area (Å²) in [6.07, 6.45) is 1.93. The molecule has 0 bridgehead atoms. The lowest BCUT2D eigenvalue weighted by Gasteiger charge is -2.27. The minimum Gasteiger partial charge on any atom is -0.381 e. The summed E-state index contributed by atoms with van der Waals surface area (Å²) in [5, 5.41) is 2.73. The molecule has 2 aliphatic rings. The fourth-order valence-corrected chi connectivity index (χ4v) is 3.28. The lowest BCUT2D eigenvalue weighted by Crippen LogP contribution is -2.52. The predicted molar refractivity (Wildman–Crippen MR) is 86.8 cm³/mol. The zero-order valence-electron chi connectivity index (χ0n) is 13.4. The molecule has 1 aromatic rings. The Labute approximate surface area is 140 Å². The van der Waals surface area contributed by atoms with Crippen molar-refractivity contribution in [2.45, 2.75) is 31.3 Å². The highest BCUT2D eigenvalue weighted by molar-refractivity contribution is 6.01. The molecule has 3 rings (SSSR count). The number of benzene rings is 1. The van der Waals surface area contributed by atoms with Gasteiger partial charge in [0, 0.05) is 19.8 Å². The van der Waals surface area contributed by atoms with Crippen LogP contribution in [0.2, 0.25) is 0 Å². The fourth-order valence-electron chi connectivity index (χ4n) is 3.28. The van der Waals surface area contributed by atoms with Crippen LogP contribution < -0.4 is 16.0 Å². The minimum atomic E-state index is -0.650. The van der Waals surface area contributed by atoms with Crippen LogP contribution >= 0.6 is 0 Å². The molecule has 0 radical (unpaired) electrons. The van der Waals surface area contributed by atoms with Gasteiger partial charge in [0.05, 0.1) is 11.7 Å². The Hall–Kier alpha value is -1.99. The molecule has 0 saturated carbocycles. The van der Waals surface area contributed by atoms with Crippen LogP contribution in [-0.2, 0) is 14.3 Å². The zero-order chi connectivity index (χ0) is 17.1. The van der Waals surface area contributed by atoms with Crippen molar-refractivity contribution in [3.05, 3.63) is 30.1 Å². The van der Waals surface area contributed by atoms with Crippen molar-refractivity contribution in [2.75, 3.05) is 24.7 Å². The van der Waals surface area contributed by atoms with Crippen LogP contribution in [0.3, 0.4) is 0 Å². The van der Waals surface area contributed by atoms with E-state index in [9.17, 15) is 14.0 Å². The van der Waals surface area contributed by atoms with Crippen LogP contribution in [0.25, 0.3) is 0 Å². The maximum Gasteiger partial charge on any atom is 0.249 e. The van der Waals surface area contributed by atoms with Gasteiger partial charge in [-0.25, -0.2) is 4.39 Å². The number of nitrogens with zero attached hydrogens (tertiary/aromatic N) is 1. The molecule has 2 unspecified atom stereocenters. The van der Waals surface area contributed by atoms with E-state index in [1.165, 1.54) is 11.0 Å². The molecule has 1 aromatic carbocycles. The number of rotatable bonds is 4. The summed E-state index contributed by atoms with van der Waals surface area (Å²) in [4.78, 5) is 26.2. The van der Waals surface area contributed by atoms with Gasteiger partial charge in [-0.3, -0.25) is 9.59 Å². The van der Waals surface area contributed by atoms with Crippen molar-refractivity contribution in [3.63, 3.8) is 0 Å². The van der Waals surface area contributed by atoms with Crippen molar-refractivity contribution < 1.29 is 18.7 Å². The standard InChI is InChI=1S/C17H22FN3O3/c18-12-3-1-2-4-14(12)21-8-5-13(17(21)23)20-16(22)15(19)11-6-9-24-10-7-11/h1-4,11,13,15H,5-10,19H2,(H,20,22). The average molecular weight is 335 g/mol. The van der Waals surface area contributed by atoms with Gasteiger partial charge in [-0.05, 0) is 37.3 Å². The van der Waals surface area contributed by atoms with E-state index in [1.54, 1.807) is 18.2 Å². The lowest BCUT2D eigenvalue weighted by atomic mass is 9.91. The van der Waals surface area contributed by atoms with Gasteiger partial charge in [-0.15, -0.1) is 0 Å². The summed E-state index contributed by atoms with van der Waals surface area (Å²) < 4.78 is 19.1. The van der Waals surface area contributed by atoms with Crippen LogP contribution in [0, 0.1) is 11.7 Å². The third-order valence-corrected chi connectivity index (χ3v) is 4.74. The number of para-hydroxylation sites is 1. The minimum absolute atomic E-state index is 0.0675. The highest BCUT2D eigenvalue weighted by Crippen LogP contribution is 2.25. The lowest BCUT2D eigenvalue weighted by molar-refractivity contribution is -0.128. The Morgan fingerprint density at radius 2 is 2.00 bits per heavy atom. The number of hydrogen-bond donors (Lipinski definition) is 2. The first-order valence-corrected chi connectivity index (χ1v) is 8.27. The van der Waals surface area contributed by atoms with Crippen molar-refractivity contribution in [2.24, 2.45) is 11.7 Å². The monoisotopic (exact) mass is 335 g/mol. The van der Waals surface area contributed by atoms with Gasteiger partial charge in [-0.2, -0.15) is 0 Å². The largest absolute Gasteiger partial charge is 0.381 e. The quantitative estimate of drug-likeness (QED) is 0.852. The van der Waals surface area contributed by atoms with Crippen molar-refractivity contribution in [1.82, 2.24) is 5.32 Å². The first kappa shape index (κ1) is 16.9. The summed E-state index contributed by atoms with van der Waals surface area (Å²) in [6.45, 7) is 1.58. The topological polar surface area (TPSA) is 84.7 Å². The third kappa shape index (κ3) is 3.42. The second-order valence-electron chi connectivity index (χ2n) is 6.27. The number of nitrogens with two attached hydrogens (primary N) is 1. The molecule has 24 heavy (non-hydrogen) atoms. The highest BCUT2D eigenvalue weighted by Gasteiger charge is 2.36. The second kappa shape index (κ2) is 7.27.